The molecule has 3 heterocycles. The van der Waals surface area contributed by atoms with Crippen LogP contribution in [0.1, 0.15) is 5.69 Å². The standard InChI is InChI=1S/C12H14BrN5O2S2/c1-6-5-22-12(14-6)21-4-3-18-7-8(15-10(18)13)17(2)11(20)16-9(7)19/h5,7-8H,3-4H2,1-2H3,(H,16,19,20). The van der Waals surface area contributed by atoms with Crippen LogP contribution in [0.4, 0.5) is 4.79 Å². The predicted octanol–water partition coefficient (Wildman–Crippen LogP) is 1.49. The number of thioether (sulfide) groups is 1. The zero-order valence-electron chi connectivity index (χ0n) is 11.9. The number of fused-ring (bicyclic) bond motifs is 1. The van der Waals surface area contributed by atoms with Gasteiger partial charge in [0, 0.05) is 30.4 Å². The van der Waals surface area contributed by atoms with Crippen LogP contribution in [-0.4, -0.2) is 63.0 Å². The largest absolute Gasteiger partial charge is 0.334 e. The number of hydrogen-bond acceptors (Lipinski definition) is 7. The van der Waals surface area contributed by atoms with E-state index in [0.29, 0.717) is 11.3 Å². The molecule has 0 spiro atoms. The van der Waals surface area contributed by atoms with Gasteiger partial charge in [0.15, 0.2) is 17.0 Å². The maximum absolute atomic E-state index is 12.1. The second-order valence-corrected chi connectivity index (χ2v) is 7.87. The third kappa shape index (κ3) is 2.86. The summed E-state index contributed by atoms with van der Waals surface area (Å²) in [6.07, 6.45) is -0.470. The van der Waals surface area contributed by atoms with E-state index in [2.05, 4.69) is 31.2 Å². The molecule has 2 atom stereocenters. The molecule has 3 rings (SSSR count). The van der Waals surface area contributed by atoms with Gasteiger partial charge in [-0.25, -0.2) is 14.8 Å². The number of rotatable bonds is 4. The Balaban J connectivity index is 1.65. The number of aliphatic imine (C=N–C) groups is 1. The van der Waals surface area contributed by atoms with Gasteiger partial charge in [-0.1, -0.05) is 11.8 Å². The number of nitrogens with one attached hydrogen (secondary N) is 1. The fourth-order valence-electron chi connectivity index (χ4n) is 2.35. The molecule has 0 bridgehead atoms. The normalized spacial score (nSPS) is 24.4. The summed E-state index contributed by atoms with van der Waals surface area (Å²) in [5.41, 5.74) is 1.02. The first kappa shape index (κ1) is 15.8. The van der Waals surface area contributed by atoms with E-state index in [0.717, 1.165) is 15.8 Å². The molecule has 1 N–H and O–H groups in total. The van der Waals surface area contributed by atoms with Crippen LogP contribution in [0.2, 0.25) is 0 Å². The van der Waals surface area contributed by atoms with E-state index in [4.69, 9.17) is 0 Å². The number of imide groups is 1. The number of urea groups is 1. The van der Waals surface area contributed by atoms with Gasteiger partial charge in [-0.15, -0.1) is 11.3 Å². The first-order valence-electron chi connectivity index (χ1n) is 6.60. The molecule has 3 amide bonds. The Hall–Kier alpha value is -1.13. The van der Waals surface area contributed by atoms with Crippen LogP contribution in [0.25, 0.3) is 0 Å². The quantitative estimate of drug-likeness (QED) is 0.608. The van der Waals surface area contributed by atoms with Crippen LogP contribution in [0.15, 0.2) is 14.7 Å². The maximum Gasteiger partial charge on any atom is 0.325 e. The molecule has 10 heteroatoms. The summed E-state index contributed by atoms with van der Waals surface area (Å²) in [6, 6.07) is -0.888. The summed E-state index contributed by atoms with van der Waals surface area (Å²) < 4.78 is 1.62. The first-order chi connectivity index (χ1) is 10.5. The zero-order chi connectivity index (χ0) is 15.9. The fourth-order valence-corrected chi connectivity index (χ4v) is 4.82. The van der Waals surface area contributed by atoms with Gasteiger partial charge < -0.3 is 9.80 Å². The molecule has 2 aliphatic heterocycles. The molecule has 7 nitrogen and oxygen atoms in total. The average Bonchev–Trinajstić information content (AvgIpc) is 3.01. The van der Waals surface area contributed by atoms with Crippen molar-refractivity contribution in [2.45, 2.75) is 23.5 Å². The highest BCUT2D eigenvalue weighted by atomic mass is 79.9. The highest BCUT2D eigenvalue weighted by Crippen LogP contribution is 2.28. The van der Waals surface area contributed by atoms with Gasteiger partial charge in [-0.05, 0) is 22.9 Å². The minimum Gasteiger partial charge on any atom is -0.334 e. The Labute approximate surface area is 144 Å². The molecular formula is C12H14BrN5O2S2. The number of carbonyl (C=O) groups excluding carboxylic acids is 2. The number of nitrogens with zero attached hydrogens (tertiary/aromatic N) is 4. The van der Waals surface area contributed by atoms with Gasteiger partial charge in [0.2, 0.25) is 0 Å². The number of aromatic nitrogens is 1. The number of carbonyl (C=O) groups is 2. The molecule has 0 aliphatic carbocycles. The van der Waals surface area contributed by atoms with Crippen molar-refractivity contribution in [3.63, 3.8) is 0 Å². The smallest absolute Gasteiger partial charge is 0.325 e. The van der Waals surface area contributed by atoms with Gasteiger partial charge in [0.25, 0.3) is 5.91 Å². The number of amidine groups is 1. The second kappa shape index (κ2) is 6.17. The van der Waals surface area contributed by atoms with Crippen LogP contribution < -0.4 is 5.32 Å². The van der Waals surface area contributed by atoms with E-state index in [1.165, 1.54) is 4.90 Å². The predicted molar refractivity (Wildman–Crippen MR) is 89.5 cm³/mol. The van der Waals surface area contributed by atoms with Crippen LogP contribution in [0.5, 0.6) is 0 Å². The van der Waals surface area contributed by atoms with E-state index in [1.807, 2.05) is 17.2 Å². The summed E-state index contributed by atoms with van der Waals surface area (Å²) in [4.78, 5) is 35.9. The number of thiazole rings is 1. The molecule has 1 aromatic rings. The van der Waals surface area contributed by atoms with E-state index in [9.17, 15) is 9.59 Å². The van der Waals surface area contributed by atoms with Crippen molar-refractivity contribution < 1.29 is 9.59 Å². The van der Waals surface area contributed by atoms with Crippen LogP contribution >= 0.6 is 39.0 Å². The molecule has 22 heavy (non-hydrogen) atoms. The summed E-state index contributed by atoms with van der Waals surface area (Å²) >= 11 is 6.66. The minimum absolute atomic E-state index is 0.304. The monoisotopic (exact) mass is 403 g/mol. The molecule has 1 fully saturated rings. The summed E-state index contributed by atoms with van der Waals surface area (Å²) in [5, 5.41) is 4.37. The maximum atomic E-state index is 12.1. The van der Waals surface area contributed by atoms with E-state index < -0.39 is 18.2 Å². The van der Waals surface area contributed by atoms with E-state index >= 15 is 0 Å². The van der Waals surface area contributed by atoms with Crippen molar-refractivity contribution in [2.75, 3.05) is 19.3 Å². The second-order valence-electron chi connectivity index (χ2n) is 4.96. The Morgan fingerprint density at radius 3 is 2.95 bits per heavy atom. The Morgan fingerprint density at radius 1 is 1.50 bits per heavy atom. The highest BCUT2D eigenvalue weighted by Gasteiger charge is 2.47. The lowest BCUT2D eigenvalue weighted by molar-refractivity contribution is -0.126. The fraction of sp³-hybridized carbons (Fsp3) is 0.500. The Morgan fingerprint density at radius 2 is 2.27 bits per heavy atom. The molecule has 1 saturated heterocycles. The Kier molecular flexibility index (Phi) is 4.42. The number of aryl methyl sites for hydroxylation is 1. The molecule has 2 aliphatic rings. The SMILES string of the molecule is Cc1csc(SCCN2C(Br)=NC3C2C(=O)NC(=O)N3C)n1. The van der Waals surface area contributed by atoms with Gasteiger partial charge in [0.05, 0.1) is 0 Å². The topological polar surface area (TPSA) is 77.9 Å². The van der Waals surface area contributed by atoms with Crippen molar-refractivity contribution in [1.82, 2.24) is 20.1 Å². The lowest BCUT2D eigenvalue weighted by atomic mass is 10.1. The number of halogens is 1. The average molecular weight is 404 g/mol. The van der Waals surface area contributed by atoms with Crippen LogP contribution in [-0.2, 0) is 4.79 Å². The number of amides is 3. The molecule has 2 unspecified atom stereocenters. The minimum atomic E-state index is -0.476. The van der Waals surface area contributed by atoms with Crippen molar-refractivity contribution in [2.24, 2.45) is 4.99 Å². The molecule has 0 aromatic carbocycles. The number of likely N-dealkylation sites (N-methyl/N-ethyl adjacent to an activating group) is 1. The van der Waals surface area contributed by atoms with Gasteiger partial charge in [0.1, 0.15) is 4.34 Å². The molecule has 0 saturated carbocycles. The van der Waals surface area contributed by atoms with Crippen molar-refractivity contribution >= 4 is 55.7 Å². The molecule has 0 radical (unpaired) electrons. The summed E-state index contributed by atoms with van der Waals surface area (Å²) in [5.74, 6) is 0.479. The van der Waals surface area contributed by atoms with Crippen molar-refractivity contribution in [3.8, 4) is 0 Å². The molecule has 118 valence electrons. The lowest BCUT2D eigenvalue weighted by Crippen LogP contribution is -2.63. The van der Waals surface area contributed by atoms with Gasteiger partial charge >= 0.3 is 6.03 Å². The van der Waals surface area contributed by atoms with Gasteiger partial charge in [-0.2, -0.15) is 0 Å². The van der Waals surface area contributed by atoms with Crippen molar-refractivity contribution in [3.05, 3.63) is 11.1 Å². The number of hydrogen-bond donors (Lipinski definition) is 1. The molecular weight excluding hydrogens is 390 g/mol. The lowest BCUT2D eigenvalue weighted by Gasteiger charge is -2.35. The third-order valence-electron chi connectivity index (χ3n) is 3.47. The Bertz CT molecular complexity index is 649. The van der Waals surface area contributed by atoms with E-state index in [-0.39, 0.29) is 5.91 Å². The molecule has 1 aromatic heterocycles. The third-order valence-corrected chi connectivity index (χ3v) is 6.24. The van der Waals surface area contributed by atoms with Gasteiger partial charge in [-0.3, -0.25) is 10.1 Å². The highest BCUT2D eigenvalue weighted by molar-refractivity contribution is 9.18. The first-order valence-corrected chi connectivity index (χ1v) is 9.25. The van der Waals surface area contributed by atoms with Crippen molar-refractivity contribution in [1.29, 1.82) is 0 Å². The van der Waals surface area contributed by atoms with Crippen LogP contribution in [0, 0.1) is 6.92 Å². The van der Waals surface area contributed by atoms with E-state index in [1.54, 1.807) is 30.1 Å². The van der Waals surface area contributed by atoms with Crippen LogP contribution in [0.3, 0.4) is 0 Å². The summed E-state index contributed by atoms with van der Waals surface area (Å²) in [7, 11) is 1.64. The zero-order valence-corrected chi connectivity index (χ0v) is 15.2. The summed E-state index contributed by atoms with van der Waals surface area (Å²) in [6.45, 7) is 2.61.